The second-order valence-corrected chi connectivity index (χ2v) is 4.89. The van der Waals surface area contributed by atoms with Gasteiger partial charge in [0.05, 0.1) is 23.3 Å². The maximum atomic E-state index is 4.33. The lowest BCUT2D eigenvalue weighted by Crippen LogP contribution is -2.14. The van der Waals surface area contributed by atoms with Gasteiger partial charge in [-0.3, -0.25) is 15.1 Å². The van der Waals surface area contributed by atoms with E-state index in [4.69, 9.17) is 0 Å². The van der Waals surface area contributed by atoms with Gasteiger partial charge in [-0.05, 0) is 12.5 Å². The summed E-state index contributed by atoms with van der Waals surface area (Å²) in [7, 11) is 0. The number of aromatic amines is 1. The number of nitrogens with zero attached hydrogens (tertiary/aromatic N) is 3. The fraction of sp³-hybridized carbons (Fsp3) is 0.188. The van der Waals surface area contributed by atoms with Crippen molar-refractivity contribution in [2.24, 2.45) is 0 Å². The third-order valence-electron chi connectivity index (χ3n) is 3.24. The van der Waals surface area contributed by atoms with Crippen LogP contribution in [0.1, 0.15) is 17.0 Å². The lowest BCUT2D eigenvalue weighted by atomic mass is 10.1. The van der Waals surface area contributed by atoms with Gasteiger partial charge in [0.1, 0.15) is 0 Å². The van der Waals surface area contributed by atoms with Crippen LogP contribution < -0.4 is 5.32 Å². The van der Waals surface area contributed by atoms with Crippen molar-refractivity contribution in [1.29, 1.82) is 0 Å². The first-order valence-corrected chi connectivity index (χ1v) is 6.89. The molecule has 0 radical (unpaired) electrons. The highest BCUT2D eigenvalue weighted by Crippen LogP contribution is 2.20. The summed E-state index contributed by atoms with van der Waals surface area (Å²) in [4.78, 5) is 8.57. The van der Waals surface area contributed by atoms with Crippen molar-refractivity contribution in [3.63, 3.8) is 0 Å². The van der Waals surface area contributed by atoms with E-state index < -0.39 is 0 Å². The standard InChI is InChI=1S/C16H17N5/c1-12-7-19-15(11-18-12)10-17-8-14-9-20-21-16(14)13-5-3-2-4-6-13/h2-7,9,11,17H,8,10H2,1H3,(H,20,21). The molecule has 1 aromatic carbocycles. The van der Waals surface area contributed by atoms with Crippen LogP contribution in [0.4, 0.5) is 0 Å². The van der Waals surface area contributed by atoms with E-state index >= 15 is 0 Å². The smallest absolute Gasteiger partial charge is 0.0724 e. The largest absolute Gasteiger partial charge is 0.307 e. The number of benzene rings is 1. The zero-order valence-electron chi connectivity index (χ0n) is 11.9. The van der Waals surface area contributed by atoms with Crippen LogP contribution in [0, 0.1) is 6.92 Å². The fourth-order valence-electron chi connectivity index (χ4n) is 2.14. The van der Waals surface area contributed by atoms with Crippen LogP contribution in [-0.2, 0) is 13.1 Å². The number of aryl methyl sites for hydroxylation is 1. The van der Waals surface area contributed by atoms with Crippen LogP contribution in [0.3, 0.4) is 0 Å². The average Bonchev–Trinajstić information content (AvgIpc) is 2.99. The Bertz CT molecular complexity index is 688. The zero-order chi connectivity index (χ0) is 14.5. The lowest BCUT2D eigenvalue weighted by Gasteiger charge is -2.05. The summed E-state index contributed by atoms with van der Waals surface area (Å²) in [5, 5.41) is 10.6. The first kappa shape index (κ1) is 13.5. The first-order chi connectivity index (χ1) is 10.3. The van der Waals surface area contributed by atoms with Crippen molar-refractivity contribution in [1.82, 2.24) is 25.5 Å². The predicted molar refractivity (Wildman–Crippen MR) is 81.3 cm³/mol. The van der Waals surface area contributed by atoms with E-state index in [-0.39, 0.29) is 0 Å². The van der Waals surface area contributed by atoms with Crippen molar-refractivity contribution in [2.45, 2.75) is 20.0 Å². The number of aromatic nitrogens is 4. The van der Waals surface area contributed by atoms with E-state index in [9.17, 15) is 0 Å². The molecule has 0 aliphatic rings. The minimum atomic E-state index is 0.687. The molecule has 0 unspecified atom stereocenters. The molecule has 106 valence electrons. The molecule has 21 heavy (non-hydrogen) atoms. The Morgan fingerprint density at radius 3 is 2.62 bits per heavy atom. The minimum Gasteiger partial charge on any atom is -0.307 e. The monoisotopic (exact) mass is 279 g/mol. The van der Waals surface area contributed by atoms with E-state index in [0.717, 1.165) is 34.8 Å². The number of rotatable bonds is 5. The quantitative estimate of drug-likeness (QED) is 0.753. The van der Waals surface area contributed by atoms with Crippen molar-refractivity contribution in [2.75, 3.05) is 0 Å². The highest BCUT2D eigenvalue weighted by atomic mass is 15.1. The first-order valence-electron chi connectivity index (χ1n) is 6.89. The maximum absolute atomic E-state index is 4.33. The molecule has 0 spiro atoms. The second-order valence-electron chi connectivity index (χ2n) is 4.89. The van der Waals surface area contributed by atoms with Gasteiger partial charge in [-0.1, -0.05) is 30.3 Å². The van der Waals surface area contributed by atoms with Crippen LogP contribution in [-0.4, -0.2) is 20.2 Å². The van der Waals surface area contributed by atoms with Gasteiger partial charge in [0.25, 0.3) is 0 Å². The molecule has 2 aromatic heterocycles. The summed E-state index contributed by atoms with van der Waals surface area (Å²) < 4.78 is 0. The van der Waals surface area contributed by atoms with E-state index in [2.05, 4.69) is 37.6 Å². The van der Waals surface area contributed by atoms with E-state index in [1.807, 2.05) is 31.3 Å². The molecule has 0 saturated carbocycles. The Labute approximate surface area is 123 Å². The lowest BCUT2D eigenvalue weighted by molar-refractivity contribution is 0.677. The molecule has 3 aromatic rings. The number of hydrogen-bond donors (Lipinski definition) is 2. The zero-order valence-corrected chi connectivity index (χ0v) is 11.9. The van der Waals surface area contributed by atoms with Gasteiger partial charge in [0.2, 0.25) is 0 Å². The summed E-state index contributed by atoms with van der Waals surface area (Å²) in [5.74, 6) is 0. The third-order valence-corrected chi connectivity index (χ3v) is 3.24. The molecule has 0 amide bonds. The molecule has 0 atom stereocenters. The highest BCUT2D eigenvalue weighted by molar-refractivity contribution is 5.62. The van der Waals surface area contributed by atoms with Crippen molar-refractivity contribution in [3.05, 3.63) is 65.9 Å². The minimum absolute atomic E-state index is 0.687. The molecule has 0 saturated heterocycles. The summed E-state index contributed by atoms with van der Waals surface area (Å²) in [6, 6.07) is 10.2. The van der Waals surface area contributed by atoms with Gasteiger partial charge in [-0.15, -0.1) is 0 Å². The molecule has 0 aliphatic carbocycles. The number of hydrogen-bond acceptors (Lipinski definition) is 4. The molecule has 5 heteroatoms. The summed E-state index contributed by atoms with van der Waals surface area (Å²) in [5.41, 5.74) is 5.20. The molecular formula is C16H17N5. The van der Waals surface area contributed by atoms with Crippen LogP contribution >= 0.6 is 0 Å². The van der Waals surface area contributed by atoms with Crippen molar-refractivity contribution >= 4 is 0 Å². The van der Waals surface area contributed by atoms with Crippen LogP contribution in [0.25, 0.3) is 11.3 Å². The Balaban J connectivity index is 1.64. The number of nitrogens with one attached hydrogen (secondary N) is 2. The van der Waals surface area contributed by atoms with Gasteiger partial charge >= 0.3 is 0 Å². The van der Waals surface area contributed by atoms with Gasteiger partial charge < -0.3 is 5.32 Å². The molecule has 2 heterocycles. The molecule has 5 nitrogen and oxygen atoms in total. The average molecular weight is 279 g/mol. The van der Waals surface area contributed by atoms with Gasteiger partial charge in [0.15, 0.2) is 0 Å². The molecule has 0 bridgehead atoms. The van der Waals surface area contributed by atoms with Gasteiger partial charge in [-0.25, -0.2) is 0 Å². The Kier molecular flexibility index (Phi) is 4.02. The van der Waals surface area contributed by atoms with Crippen molar-refractivity contribution in [3.8, 4) is 11.3 Å². The van der Waals surface area contributed by atoms with Crippen LogP contribution in [0.5, 0.6) is 0 Å². The third kappa shape index (κ3) is 3.32. The Morgan fingerprint density at radius 1 is 1.00 bits per heavy atom. The van der Waals surface area contributed by atoms with Crippen molar-refractivity contribution < 1.29 is 0 Å². The van der Waals surface area contributed by atoms with Crippen LogP contribution in [0.15, 0.2) is 48.9 Å². The summed E-state index contributed by atoms with van der Waals surface area (Å²) in [6.45, 7) is 3.35. The summed E-state index contributed by atoms with van der Waals surface area (Å²) in [6.07, 6.45) is 5.44. The van der Waals surface area contributed by atoms with Crippen LogP contribution in [0.2, 0.25) is 0 Å². The Hall–Kier alpha value is -2.53. The van der Waals surface area contributed by atoms with Gasteiger partial charge in [-0.2, -0.15) is 5.10 Å². The van der Waals surface area contributed by atoms with E-state index in [1.54, 1.807) is 12.4 Å². The van der Waals surface area contributed by atoms with E-state index in [0.29, 0.717) is 6.54 Å². The predicted octanol–water partition coefficient (Wildman–Crippen LogP) is 2.46. The molecule has 2 N–H and O–H groups in total. The maximum Gasteiger partial charge on any atom is 0.0724 e. The molecule has 3 rings (SSSR count). The normalized spacial score (nSPS) is 10.7. The molecular weight excluding hydrogens is 262 g/mol. The highest BCUT2D eigenvalue weighted by Gasteiger charge is 2.06. The molecule has 0 fully saturated rings. The van der Waals surface area contributed by atoms with Gasteiger partial charge in [0, 0.05) is 31.0 Å². The summed E-state index contributed by atoms with van der Waals surface area (Å²) >= 11 is 0. The number of H-pyrrole nitrogens is 1. The SMILES string of the molecule is Cc1cnc(CNCc2cn[nH]c2-c2ccccc2)cn1. The second kappa shape index (κ2) is 6.28. The van der Waals surface area contributed by atoms with E-state index in [1.165, 1.54) is 0 Å². The Morgan fingerprint density at radius 2 is 1.86 bits per heavy atom. The fourth-order valence-corrected chi connectivity index (χ4v) is 2.14. The topological polar surface area (TPSA) is 66.5 Å². The molecule has 0 aliphatic heterocycles.